The summed E-state index contributed by atoms with van der Waals surface area (Å²) < 4.78 is 14.4. The van der Waals surface area contributed by atoms with Crippen LogP contribution < -0.4 is 5.32 Å². The number of nitriles is 1. The van der Waals surface area contributed by atoms with E-state index in [1.54, 1.807) is 21.5 Å². The van der Waals surface area contributed by atoms with Crippen LogP contribution in [-0.4, -0.2) is 47.3 Å². The number of benzene rings is 1. The van der Waals surface area contributed by atoms with Gasteiger partial charge < -0.3 is 14.8 Å². The summed E-state index contributed by atoms with van der Waals surface area (Å²) >= 11 is 3.35. The monoisotopic (exact) mass is 530 g/mol. The molecule has 0 radical (unpaired) electrons. The van der Waals surface area contributed by atoms with Gasteiger partial charge in [-0.15, -0.1) is 0 Å². The number of ether oxygens (including phenoxy) is 2. The second-order valence-electron chi connectivity index (χ2n) is 8.69. The first-order valence-corrected chi connectivity index (χ1v) is 14.9. The molecule has 1 aromatic carbocycles. The minimum absolute atomic E-state index is 0.236. The molecule has 0 saturated heterocycles. The third-order valence-electron chi connectivity index (χ3n) is 4.84. The number of carbonyl (C=O) groups excluding carboxylic acids is 1. The number of carbonyl (C=O) groups is 1. The lowest BCUT2D eigenvalue weighted by Gasteiger charge is -2.16. The molecular weight excluding hydrogens is 504 g/mol. The fraction of sp³-hybridized carbons (Fsp3) is 0.364. The molecule has 9 nitrogen and oxygen atoms in total. The average Bonchev–Trinajstić information content (AvgIpc) is 3.34. The van der Waals surface area contributed by atoms with Crippen LogP contribution in [0.2, 0.25) is 25.7 Å². The van der Waals surface area contributed by atoms with Gasteiger partial charge >= 0.3 is 5.97 Å². The van der Waals surface area contributed by atoms with Crippen LogP contribution in [0.15, 0.2) is 41.1 Å². The zero-order valence-electron chi connectivity index (χ0n) is 19.1. The highest BCUT2D eigenvalue weighted by molar-refractivity contribution is 9.10. The second kappa shape index (κ2) is 10.8. The normalized spacial score (nSPS) is 11.3. The summed E-state index contributed by atoms with van der Waals surface area (Å²) in [6.07, 6.45) is 1.84. The smallest absolute Gasteiger partial charge is 0.337 e. The summed E-state index contributed by atoms with van der Waals surface area (Å²) in [6, 6.07) is 12.2. The Morgan fingerprint density at radius 3 is 2.58 bits per heavy atom. The quantitative estimate of drug-likeness (QED) is 0.231. The van der Waals surface area contributed by atoms with Crippen LogP contribution in [0.3, 0.4) is 0 Å². The van der Waals surface area contributed by atoms with Crippen molar-refractivity contribution in [3.05, 3.63) is 57.8 Å². The van der Waals surface area contributed by atoms with E-state index in [-0.39, 0.29) is 12.7 Å². The van der Waals surface area contributed by atoms with Crippen LogP contribution in [0.4, 0.5) is 11.6 Å². The Bertz CT molecular complexity index is 1140. The summed E-state index contributed by atoms with van der Waals surface area (Å²) in [5.41, 5.74) is 1.87. The molecule has 3 aromatic rings. The highest BCUT2D eigenvalue weighted by atomic mass is 79.9. The van der Waals surface area contributed by atoms with Crippen molar-refractivity contribution in [3.63, 3.8) is 0 Å². The average molecular weight is 531 g/mol. The van der Waals surface area contributed by atoms with Crippen molar-refractivity contribution in [2.45, 2.75) is 39.0 Å². The first kappa shape index (κ1) is 24.7. The third-order valence-corrected chi connectivity index (χ3v) is 7.10. The van der Waals surface area contributed by atoms with Crippen molar-refractivity contribution >= 4 is 41.6 Å². The van der Waals surface area contributed by atoms with Gasteiger partial charge in [0.05, 0.1) is 19.2 Å². The number of aromatic nitrogens is 4. The van der Waals surface area contributed by atoms with Gasteiger partial charge in [-0.25, -0.2) is 9.48 Å². The molecule has 0 fully saturated rings. The lowest BCUT2D eigenvalue weighted by Crippen LogP contribution is -2.22. The van der Waals surface area contributed by atoms with E-state index in [1.165, 1.54) is 7.11 Å². The third kappa shape index (κ3) is 6.77. The van der Waals surface area contributed by atoms with Gasteiger partial charge in [-0.2, -0.15) is 15.5 Å². The Morgan fingerprint density at radius 2 is 1.94 bits per heavy atom. The van der Waals surface area contributed by atoms with Gasteiger partial charge in [0, 0.05) is 26.9 Å². The lowest BCUT2D eigenvalue weighted by atomic mass is 10.1. The van der Waals surface area contributed by atoms with Gasteiger partial charge in [0.15, 0.2) is 11.6 Å². The summed E-state index contributed by atoms with van der Waals surface area (Å²) in [5, 5.41) is 21.7. The number of nitrogens with one attached hydrogen (secondary N) is 1. The molecule has 2 heterocycles. The zero-order chi connectivity index (χ0) is 24.0. The largest absolute Gasteiger partial charge is 0.465 e. The molecule has 0 aliphatic carbocycles. The van der Waals surface area contributed by atoms with Crippen LogP contribution in [0, 0.1) is 11.3 Å². The number of halogens is 1. The Labute approximate surface area is 202 Å². The van der Waals surface area contributed by atoms with Crippen LogP contribution >= 0.6 is 15.9 Å². The van der Waals surface area contributed by atoms with Gasteiger partial charge in [-0.05, 0) is 39.7 Å². The van der Waals surface area contributed by atoms with Crippen molar-refractivity contribution in [2.75, 3.05) is 19.0 Å². The topological polar surface area (TPSA) is 107 Å². The van der Waals surface area contributed by atoms with Crippen molar-refractivity contribution in [2.24, 2.45) is 0 Å². The molecule has 2 aromatic heterocycles. The number of nitrogens with zero attached hydrogens (tertiary/aromatic N) is 5. The Hall–Kier alpha value is -2.94. The molecule has 0 spiro atoms. The number of anilines is 2. The van der Waals surface area contributed by atoms with E-state index in [2.05, 4.69) is 57.2 Å². The van der Waals surface area contributed by atoms with Gasteiger partial charge in [-0.1, -0.05) is 31.8 Å². The second-order valence-corrected chi connectivity index (χ2v) is 15.1. The minimum atomic E-state index is -1.19. The van der Waals surface area contributed by atoms with Crippen LogP contribution in [-0.2, 0) is 22.7 Å². The van der Waals surface area contributed by atoms with Crippen molar-refractivity contribution in [3.8, 4) is 6.07 Å². The van der Waals surface area contributed by atoms with E-state index in [9.17, 15) is 10.1 Å². The summed E-state index contributed by atoms with van der Waals surface area (Å²) in [4.78, 5) is 11.6. The Balaban J connectivity index is 1.68. The molecule has 0 unspecified atom stereocenters. The highest BCUT2D eigenvalue weighted by Crippen LogP contribution is 2.26. The maximum Gasteiger partial charge on any atom is 0.337 e. The molecule has 0 atom stereocenters. The van der Waals surface area contributed by atoms with E-state index < -0.39 is 8.07 Å². The van der Waals surface area contributed by atoms with Gasteiger partial charge in [-0.3, -0.25) is 4.68 Å². The summed E-state index contributed by atoms with van der Waals surface area (Å²) in [6.45, 7) is 8.30. The Kier molecular flexibility index (Phi) is 8.07. The van der Waals surface area contributed by atoms with Crippen LogP contribution in [0.1, 0.15) is 21.5 Å². The minimum Gasteiger partial charge on any atom is -0.465 e. The molecular formula is C22H27BrN6O3Si. The van der Waals surface area contributed by atoms with Crippen molar-refractivity contribution < 1.29 is 14.3 Å². The first-order valence-electron chi connectivity index (χ1n) is 10.4. The summed E-state index contributed by atoms with van der Waals surface area (Å²) in [7, 11) is 0.167. The standard InChI is InChI=1S/C22H27BrN6O3Si/c1-31-22(30)17-7-5-16(6-8-17)14-28-10-9-19(26-28)25-21-18(13-24)20(23)27-29(21)15-32-11-12-33(2,3)4/h5-10H,11-12,14-15H2,1-4H3,(H,25,26). The molecule has 0 aliphatic heterocycles. The van der Waals surface area contributed by atoms with Gasteiger partial charge in [0.2, 0.25) is 0 Å². The maximum atomic E-state index is 11.6. The van der Waals surface area contributed by atoms with Crippen LogP contribution in [0.25, 0.3) is 0 Å². The number of rotatable bonds is 10. The fourth-order valence-corrected chi connectivity index (χ4v) is 4.20. The van der Waals surface area contributed by atoms with Crippen LogP contribution in [0.5, 0.6) is 0 Å². The van der Waals surface area contributed by atoms with E-state index in [4.69, 9.17) is 9.47 Å². The predicted molar refractivity (Wildman–Crippen MR) is 131 cm³/mol. The van der Waals surface area contributed by atoms with E-state index in [1.807, 2.05) is 24.4 Å². The first-order chi connectivity index (χ1) is 15.7. The molecule has 33 heavy (non-hydrogen) atoms. The van der Waals surface area contributed by atoms with Gasteiger partial charge in [0.1, 0.15) is 23.0 Å². The molecule has 174 valence electrons. The summed E-state index contributed by atoms with van der Waals surface area (Å²) in [5.74, 6) is 0.728. The maximum absolute atomic E-state index is 11.6. The van der Waals surface area contributed by atoms with E-state index >= 15 is 0 Å². The van der Waals surface area contributed by atoms with Gasteiger partial charge in [0.25, 0.3) is 0 Å². The Morgan fingerprint density at radius 1 is 1.21 bits per heavy atom. The SMILES string of the molecule is COC(=O)c1ccc(Cn2ccc(Nc3c(C#N)c(Br)nn3COCC[Si](C)(C)C)n2)cc1. The number of esters is 1. The van der Waals surface area contributed by atoms with E-state index in [0.29, 0.717) is 40.5 Å². The molecule has 0 saturated carbocycles. The van der Waals surface area contributed by atoms with Crippen molar-refractivity contribution in [1.29, 1.82) is 5.26 Å². The molecule has 0 aliphatic rings. The number of hydrogen-bond donors (Lipinski definition) is 1. The fourth-order valence-electron chi connectivity index (χ4n) is 2.97. The molecule has 0 amide bonds. The number of methoxy groups -OCH3 is 1. The lowest BCUT2D eigenvalue weighted by molar-refractivity contribution is 0.0600. The molecule has 3 rings (SSSR count). The predicted octanol–water partition coefficient (Wildman–Crippen LogP) is 4.60. The van der Waals surface area contributed by atoms with E-state index in [0.717, 1.165) is 11.6 Å². The molecule has 11 heteroatoms. The molecule has 1 N–H and O–H groups in total. The molecule has 0 bridgehead atoms. The zero-order valence-corrected chi connectivity index (χ0v) is 21.7. The van der Waals surface area contributed by atoms with Crippen molar-refractivity contribution in [1.82, 2.24) is 19.6 Å². The highest BCUT2D eigenvalue weighted by Gasteiger charge is 2.18. The number of hydrogen-bond acceptors (Lipinski definition) is 7.